The van der Waals surface area contributed by atoms with Gasteiger partial charge in [0.15, 0.2) is 0 Å². The van der Waals surface area contributed by atoms with Gasteiger partial charge in [0, 0.05) is 24.3 Å². The number of benzene rings is 2. The quantitative estimate of drug-likeness (QED) is 0.833. The van der Waals surface area contributed by atoms with Gasteiger partial charge in [-0.25, -0.2) is 17.1 Å². The lowest BCUT2D eigenvalue weighted by Crippen LogP contribution is -2.23. The molecule has 0 aliphatic rings. The number of aryl methyl sites for hydroxylation is 1. The monoisotopic (exact) mass is 414 g/mol. The molecular formula is C16H16BrFN2O3S. The Labute approximate surface area is 148 Å². The molecule has 0 aliphatic carbocycles. The van der Waals surface area contributed by atoms with Gasteiger partial charge in [-0.05, 0) is 58.7 Å². The number of anilines is 1. The molecule has 0 fully saturated rings. The molecule has 2 aromatic rings. The summed E-state index contributed by atoms with van der Waals surface area (Å²) in [6, 6.07) is 8.50. The van der Waals surface area contributed by atoms with Crippen molar-refractivity contribution in [1.29, 1.82) is 0 Å². The van der Waals surface area contributed by atoms with E-state index < -0.39 is 21.7 Å². The van der Waals surface area contributed by atoms with Crippen LogP contribution in [0.25, 0.3) is 0 Å². The van der Waals surface area contributed by atoms with Gasteiger partial charge >= 0.3 is 0 Å². The Morgan fingerprint density at radius 2 is 1.83 bits per heavy atom. The molecular weight excluding hydrogens is 399 g/mol. The minimum atomic E-state index is -3.66. The highest BCUT2D eigenvalue weighted by atomic mass is 79.9. The van der Waals surface area contributed by atoms with Crippen molar-refractivity contribution in [3.8, 4) is 0 Å². The Balaban J connectivity index is 2.37. The molecule has 0 unspecified atom stereocenters. The average Bonchev–Trinajstić information content (AvgIpc) is 2.51. The molecule has 1 amide bonds. The lowest BCUT2D eigenvalue weighted by molar-refractivity contribution is 0.102. The molecule has 8 heteroatoms. The van der Waals surface area contributed by atoms with Crippen molar-refractivity contribution in [2.24, 2.45) is 0 Å². The van der Waals surface area contributed by atoms with Crippen LogP contribution in [0.15, 0.2) is 45.8 Å². The van der Waals surface area contributed by atoms with Crippen molar-refractivity contribution in [2.75, 3.05) is 19.4 Å². The molecule has 0 atom stereocenters. The van der Waals surface area contributed by atoms with Gasteiger partial charge in [0.25, 0.3) is 5.91 Å². The van der Waals surface area contributed by atoms with Gasteiger partial charge in [0.05, 0.1) is 10.5 Å². The number of sulfonamides is 1. The van der Waals surface area contributed by atoms with Gasteiger partial charge in [0.1, 0.15) is 5.82 Å². The Bertz CT molecular complexity index is 898. The molecule has 1 N–H and O–H groups in total. The number of hydrogen-bond donors (Lipinski definition) is 1. The van der Waals surface area contributed by atoms with Crippen LogP contribution in [0.2, 0.25) is 0 Å². The van der Waals surface area contributed by atoms with Crippen LogP contribution in [0.5, 0.6) is 0 Å². The van der Waals surface area contributed by atoms with Crippen molar-refractivity contribution in [3.05, 3.63) is 57.8 Å². The Morgan fingerprint density at radius 3 is 2.42 bits per heavy atom. The summed E-state index contributed by atoms with van der Waals surface area (Å²) in [6.45, 7) is 1.62. The zero-order valence-electron chi connectivity index (χ0n) is 13.3. The lowest BCUT2D eigenvalue weighted by Gasteiger charge is -2.13. The fourth-order valence-corrected chi connectivity index (χ4v) is 3.27. The number of nitrogens with zero attached hydrogens (tertiary/aromatic N) is 1. The smallest absolute Gasteiger partial charge is 0.256 e. The van der Waals surface area contributed by atoms with E-state index in [2.05, 4.69) is 21.2 Å². The molecule has 5 nitrogen and oxygen atoms in total. The number of rotatable bonds is 4. The number of halogens is 2. The minimum Gasteiger partial charge on any atom is -0.322 e. The summed E-state index contributed by atoms with van der Waals surface area (Å²) in [4.78, 5) is 12.4. The highest BCUT2D eigenvalue weighted by Gasteiger charge is 2.20. The van der Waals surface area contributed by atoms with E-state index >= 15 is 0 Å². The van der Waals surface area contributed by atoms with Crippen molar-refractivity contribution < 1.29 is 17.6 Å². The maximum atomic E-state index is 13.6. The molecule has 0 spiro atoms. The standard InChI is InChI=1S/C16H16BrFN2O3S/c1-10-4-5-11(8-15(10)18)19-16(21)13-9-12(6-7-14(13)17)24(22,23)20(2)3/h4-9H,1-3H3,(H,19,21). The fraction of sp³-hybridized carbons (Fsp3) is 0.188. The van der Waals surface area contributed by atoms with E-state index in [1.54, 1.807) is 19.1 Å². The number of nitrogens with one attached hydrogen (secondary N) is 1. The molecule has 0 bridgehead atoms. The maximum absolute atomic E-state index is 13.6. The molecule has 24 heavy (non-hydrogen) atoms. The van der Waals surface area contributed by atoms with Crippen LogP contribution in [0.4, 0.5) is 10.1 Å². The van der Waals surface area contributed by atoms with E-state index in [1.807, 2.05) is 0 Å². The lowest BCUT2D eigenvalue weighted by atomic mass is 10.2. The zero-order chi connectivity index (χ0) is 18.1. The van der Waals surface area contributed by atoms with Crippen molar-refractivity contribution in [2.45, 2.75) is 11.8 Å². The van der Waals surface area contributed by atoms with Crippen LogP contribution in [0, 0.1) is 12.7 Å². The van der Waals surface area contributed by atoms with Crippen molar-refractivity contribution in [1.82, 2.24) is 4.31 Å². The predicted molar refractivity (Wildman–Crippen MR) is 94.1 cm³/mol. The van der Waals surface area contributed by atoms with E-state index in [0.29, 0.717) is 10.0 Å². The largest absolute Gasteiger partial charge is 0.322 e. The highest BCUT2D eigenvalue weighted by Crippen LogP contribution is 2.24. The second-order valence-corrected chi connectivity index (χ2v) is 8.35. The molecule has 0 saturated heterocycles. The SMILES string of the molecule is Cc1ccc(NC(=O)c2cc(S(=O)(=O)N(C)C)ccc2Br)cc1F. The summed E-state index contributed by atoms with van der Waals surface area (Å²) < 4.78 is 39.4. The zero-order valence-corrected chi connectivity index (χ0v) is 15.7. The third-order valence-corrected chi connectivity index (χ3v) is 5.89. The Hall–Kier alpha value is -1.77. The summed E-state index contributed by atoms with van der Waals surface area (Å²) >= 11 is 3.23. The van der Waals surface area contributed by atoms with Gasteiger partial charge in [-0.3, -0.25) is 4.79 Å². The van der Waals surface area contributed by atoms with Crippen LogP contribution < -0.4 is 5.32 Å². The summed E-state index contributed by atoms with van der Waals surface area (Å²) in [7, 11) is -0.845. The van der Waals surface area contributed by atoms with Gasteiger partial charge in [0.2, 0.25) is 10.0 Å². The third-order valence-electron chi connectivity index (χ3n) is 3.39. The number of carbonyl (C=O) groups excluding carboxylic acids is 1. The molecule has 0 heterocycles. The van der Waals surface area contributed by atoms with Crippen LogP contribution in [-0.4, -0.2) is 32.7 Å². The summed E-state index contributed by atoms with van der Waals surface area (Å²) in [5.74, 6) is -0.975. The van der Waals surface area contributed by atoms with Crippen molar-refractivity contribution >= 4 is 37.5 Å². The van der Waals surface area contributed by atoms with Gasteiger partial charge in [-0.2, -0.15) is 0 Å². The topological polar surface area (TPSA) is 66.5 Å². The van der Waals surface area contributed by atoms with E-state index in [4.69, 9.17) is 0 Å². The van der Waals surface area contributed by atoms with Crippen LogP contribution in [0.3, 0.4) is 0 Å². The van der Waals surface area contributed by atoms with E-state index in [0.717, 1.165) is 4.31 Å². The highest BCUT2D eigenvalue weighted by molar-refractivity contribution is 9.10. The molecule has 0 saturated carbocycles. The van der Waals surface area contributed by atoms with E-state index in [1.165, 1.54) is 38.4 Å². The first-order valence-corrected chi connectivity index (χ1v) is 9.16. The first-order chi connectivity index (χ1) is 11.1. The normalized spacial score (nSPS) is 11.6. The van der Waals surface area contributed by atoms with Crippen molar-refractivity contribution in [3.63, 3.8) is 0 Å². The second kappa shape index (κ2) is 7.00. The average molecular weight is 415 g/mol. The van der Waals surface area contributed by atoms with E-state index in [9.17, 15) is 17.6 Å². The van der Waals surface area contributed by atoms with Gasteiger partial charge in [-0.1, -0.05) is 6.07 Å². The molecule has 0 aromatic heterocycles. The molecule has 128 valence electrons. The predicted octanol–water partition coefficient (Wildman–Crippen LogP) is 3.40. The van der Waals surface area contributed by atoms with Crippen LogP contribution in [0.1, 0.15) is 15.9 Å². The van der Waals surface area contributed by atoms with Crippen LogP contribution >= 0.6 is 15.9 Å². The van der Waals surface area contributed by atoms with E-state index in [-0.39, 0.29) is 16.1 Å². The molecule has 0 aliphatic heterocycles. The van der Waals surface area contributed by atoms with Gasteiger partial charge < -0.3 is 5.32 Å². The minimum absolute atomic E-state index is 0.00376. The number of amides is 1. The Kier molecular flexibility index (Phi) is 5.42. The number of carbonyl (C=O) groups is 1. The summed E-state index contributed by atoms with van der Waals surface area (Å²) in [5.41, 5.74) is 0.892. The number of hydrogen-bond acceptors (Lipinski definition) is 3. The molecule has 0 radical (unpaired) electrons. The maximum Gasteiger partial charge on any atom is 0.256 e. The summed E-state index contributed by atoms with van der Waals surface area (Å²) in [6.07, 6.45) is 0. The molecule has 2 aromatic carbocycles. The Morgan fingerprint density at radius 1 is 1.17 bits per heavy atom. The van der Waals surface area contributed by atoms with Gasteiger partial charge in [-0.15, -0.1) is 0 Å². The third kappa shape index (κ3) is 3.82. The molecule has 2 rings (SSSR count). The fourth-order valence-electron chi connectivity index (χ4n) is 1.92. The summed E-state index contributed by atoms with van der Waals surface area (Å²) in [5, 5.41) is 2.56. The first kappa shape index (κ1) is 18.6. The first-order valence-electron chi connectivity index (χ1n) is 6.92. The second-order valence-electron chi connectivity index (χ2n) is 5.35. The van der Waals surface area contributed by atoms with Crippen LogP contribution in [-0.2, 0) is 10.0 Å².